The Hall–Kier alpha value is -1.39. The van der Waals surface area contributed by atoms with Gasteiger partial charge in [-0.05, 0) is 17.5 Å². The van der Waals surface area contributed by atoms with E-state index in [9.17, 15) is 4.79 Å². The maximum atomic E-state index is 10.4. The van der Waals surface area contributed by atoms with Gasteiger partial charge in [-0.25, -0.2) is 0 Å². The van der Waals surface area contributed by atoms with Crippen molar-refractivity contribution in [1.29, 1.82) is 0 Å². The Bertz CT molecular complexity index is 339. The van der Waals surface area contributed by atoms with E-state index < -0.39 is 5.97 Å². The first-order valence-corrected chi connectivity index (χ1v) is 4.89. The Morgan fingerprint density at radius 3 is 2.80 bits per heavy atom. The minimum atomic E-state index is -0.788. The molecule has 0 aromatic heterocycles. The number of aliphatic carboxylic acids is 1. The lowest BCUT2D eigenvalue weighted by molar-refractivity contribution is -0.136. The van der Waals surface area contributed by atoms with Crippen LogP contribution in [0.5, 0.6) is 0 Å². The third-order valence-electron chi connectivity index (χ3n) is 2.26. The van der Waals surface area contributed by atoms with Crippen molar-refractivity contribution in [3.8, 4) is 0 Å². The number of hydrogen-bond donors (Lipinski definition) is 3. The molecule has 1 aromatic carbocycles. The summed E-state index contributed by atoms with van der Waals surface area (Å²) in [6.45, 7) is 0.391. The average molecular weight is 208 g/mol. The Morgan fingerprint density at radius 2 is 2.20 bits per heavy atom. The van der Waals surface area contributed by atoms with E-state index >= 15 is 0 Å². The summed E-state index contributed by atoms with van der Waals surface area (Å²) in [7, 11) is 0. The van der Waals surface area contributed by atoms with Crippen molar-refractivity contribution in [1.82, 2.24) is 0 Å². The fraction of sp³-hybridized carbons (Fsp3) is 0.364. The number of rotatable bonds is 5. The van der Waals surface area contributed by atoms with Crippen LogP contribution in [0.15, 0.2) is 24.3 Å². The van der Waals surface area contributed by atoms with E-state index in [1.165, 1.54) is 0 Å². The topological polar surface area (TPSA) is 89.3 Å². The highest BCUT2D eigenvalue weighted by atomic mass is 16.4. The number of carboxylic acids is 1. The maximum Gasteiger partial charge on any atom is 0.303 e. The molecule has 0 radical (unpaired) electrons. The van der Waals surface area contributed by atoms with Gasteiger partial charge in [-0.2, -0.15) is 0 Å². The zero-order valence-corrected chi connectivity index (χ0v) is 8.52. The first-order chi connectivity index (χ1) is 7.13. The van der Waals surface area contributed by atoms with E-state index in [1.807, 2.05) is 24.3 Å². The van der Waals surface area contributed by atoms with Crippen molar-refractivity contribution in [3.63, 3.8) is 0 Å². The molecular weight excluding hydrogens is 192 g/mol. The molecule has 0 aliphatic rings. The van der Waals surface area contributed by atoms with Gasteiger partial charge in [0.15, 0.2) is 0 Å². The zero-order valence-electron chi connectivity index (χ0n) is 8.52. The number of nitrogens with two attached hydrogens (primary N) is 2. The van der Waals surface area contributed by atoms with Gasteiger partial charge in [0, 0.05) is 19.0 Å². The lowest BCUT2D eigenvalue weighted by Crippen LogP contribution is -2.20. The fourth-order valence-corrected chi connectivity index (χ4v) is 1.37. The van der Waals surface area contributed by atoms with Crippen molar-refractivity contribution in [3.05, 3.63) is 35.4 Å². The van der Waals surface area contributed by atoms with Gasteiger partial charge >= 0.3 is 5.97 Å². The molecule has 0 spiro atoms. The van der Waals surface area contributed by atoms with Crippen LogP contribution in [0, 0.1) is 0 Å². The van der Waals surface area contributed by atoms with Crippen molar-refractivity contribution in [2.24, 2.45) is 11.5 Å². The van der Waals surface area contributed by atoms with Crippen molar-refractivity contribution in [2.45, 2.75) is 18.9 Å². The van der Waals surface area contributed by atoms with Gasteiger partial charge < -0.3 is 16.6 Å². The summed E-state index contributed by atoms with van der Waals surface area (Å²) in [5.74, 6) is -0.788. The standard InChI is InChI=1S/C11H16N2O2/c12-7-10(13)9-3-1-2-8(6-9)4-5-11(14)15/h1-3,6,10H,4-5,7,12-13H2,(H,14,15)/t10-/m0/s1. The third-order valence-corrected chi connectivity index (χ3v) is 2.26. The summed E-state index contributed by atoms with van der Waals surface area (Å²) in [6.07, 6.45) is 0.668. The third kappa shape index (κ3) is 3.69. The fourth-order valence-electron chi connectivity index (χ4n) is 1.37. The van der Waals surface area contributed by atoms with Crippen LogP contribution in [0.4, 0.5) is 0 Å². The van der Waals surface area contributed by atoms with Crippen LogP contribution in [0.3, 0.4) is 0 Å². The van der Waals surface area contributed by atoms with E-state index in [-0.39, 0.29) is 12.5 Å². The van der Waals surface area contributed by atoms with Crippen LogP contribution < -0.4 is 11.5 Å². The lowest BCUT2D eigenvalue weighted by Gasteiger charge is -2.10. The molecule has 1 atom stereocenters. The Balaban J connectivity index is 2.69. The molecule has 82 valence electrons. The molecule has 1 aromatic rings. The molecule has 1 rings (SSSR count). The normalized spacial score (nSPS) is 12.4. The van der Waals surface area contributed by atoms with Crippen LogP contribution >= 0.6 is 0 Å². The Labute approximate surface area is 88.9 Å². The highest BCUT2D eigenvalue weighted by Crippen LogP contribution is 2.12. The highest BCUT2D eigenvalue weighted by molar-refractivity contribution is 5.67. The quantitative estimate of drug-likeness (QED) is 0.663. The smallest absolute Gasteiger partial charge is 0.303 e. The predicted molar refractivity (Wildman–Crippen MR) is 58.4 cm³/mol. The number of hydrogen-bond acceptors (Lipinski definition) is 3. The van der Waals surface area contributed by atoms with Crippen molar-refractivity contribution < 1.29 is 9.90 Å². The molecule has 5 N–H and O–H groups in total. The second-order valence-corrected chi connectivity index (χ2v) is 3.48. The maximum absolute atomic E-state index is 10.4. The number of carbonyl (C=O) groups is 1. The lowest BCUT2D eigenvalue weighted by atomic mass is 10.0. The highest BCUT2D eigenvalue weighted by Gasteiger charge is 2.05. The van der Waals surface area contributed by atoms with Crippen LogP contribution in [-0.4, -0.2) is 17.6 Å². The number of benzene rings is 1. The molecule has 0 aliphatic heterocycles. The molecule has 0 aliphatic carbocycles. The van der Waals surface area contributed by atoms with Crippen LogP contribution in [0.25, 0.3) is 0 Å². The Morgan fingerprint density at radius 1 is 1.47 bits per heavy atom. The summed E-state index contributed by atoms with van der Waals surface area (Å²) < 4.78 is 0. The first kappa shape index (κ1) is 11.7. The van der Waals surface area contributed by atoms with E-state index in [1.54, 1.807) is 0 Å². The van der Waals surface area contributed by atoms with Crippen molar-refractivity contribution in [2.75, 3.05) is 6.54 Å². The number of aryl methyl sites for hydroxylation is 1. The molecule has 15 heavy (non-hydrogen) atoms. The summed E-state index contributed by atoms with van der Waals surface area (Å²) in [6, 6.07) is 7.43. The monoisotopic (exact) mass is 208 g/mol. The number of carboxylic acid groups (broad SMARTS) is 1. The summed E-state index contributed by atoms with van der Waals surface area (Å²) in [5.41, 5.74) is 13.2. The molecular formula is C11H16N2O2. The van der Waals surface area contributed by atoms with Crippen LogP contribution in [-0.2, 0) is 11.2 Å². The van der Waals surface area contributed by atoms with E-state index in [0.717, 1.165) is 11.1 Å². The van der Waals surface area contributed by atoms with Gasteiger partial charge in [0.05, 0.1) is 0 Å². The van der Waals surface area contributed by atoms with E-state index in [0.29, 0.717) is 13.0 Å². The minimum Gasteiger partial charge on any atom is -0.481 e. The second kappa shape index (κ2) is 5.48. The van der Waals surface area contributed by atoms with E-state index in [2.05, 4.69) is 0 Å². The predicted octanol–water partition coefficient (Wildman–Crippen LogP) is 0.662. The summed E-state index contributed by atoms with van der Waals surface area (Å²) >= 11 is 0. The van der Waals surface area contributed by atoms with Crippen LogP contribution in [0.2, 0.25) is 0 Å². The SMILES string of the molecule is NC[C@H](N)c1cccc(CCC(=O)O)c1. The molecule has 4 nitrogen and oxygen atoms in total. The van der Waals surface area contributed by atoms with Gasteiger partial charge in [0.1, 0.15) is 0 Å². The van der Waals surface area contributed by atoms with E-state index in [4.69, 9.17) is 16.6 Å². The van der Waals surface area contributed by atoms with Crippen molar-refractivity contribution >= 4 is 5.97 Å². The minimum absolute atomic E-state index is 0.140. The first-order valence-electron chi connectivity index (χ1n) is 4.89. The van der Waals surface area contributed by atoms with Gasteiger partial charge in [-0.3, -0.25) is 4.79 Å². The molecule has 4 heteroatoms. The molecule has 0 saturated carbocycles. The average Bonchev–Trinajstić information content (AvgIpc) is 2.25. The molecule has 0 amide bonds. The van der Waals surface area contributed by atoms with Gasteiger partial charge in [-0.15, -0.1) is 0 Å². The van der Waals surface area contributed by atoms with Gasteiger partial charge in [0.2, 0.25) is 0 Å². The summed E-state index contributed by atoms with van der Waals surface area (Å²) in [5, 5.41) is 8.55. The van der Waals surface area contributed by atoms with Gasteiger partial charge in [0.25, 0.3) is 0 Å². The van der Waals surface area contributed by atoms with Crippen LogP contribution in [0.1, 0.15) is 23.6 Å². The molecule has 0 bridgehead atoms. The molecule has 0 fully saturated rings. The molecule has 0 heterocycles. The zero-order chi connectivity index (χ0) is 11.3. The molecule has 0 saturated heterocycles. The van der Waals surface area contributed by atoms with Gasteiger partial charge in [-0.1, -0.05) is 24.3 Å². The Kier molecular flexibility index (Phi) is 4.27. The summed E-state index contributed by atoms with van der Waals surface area (Å²) in [4.78, 5) is 10.4. The molecule has 0 unspecified atom stereocenters. The second-order valence-electron chi connectivity index (χ2n) is 3.48. The largest absolute Gasteiger partial charge is 0.481 e.